The Morgan fingerprint density at radius 3 is 0.803 bits per heavy atom. The van der Waals surface area contributed by atoms with Gasteiger partial charge in [-0.05, 0) is 57.8 Å². The van der Waals surface area contributed by atoms with E-state index >= 15 is 0 Å². The smallest absolute Gasteiger partial charge is 0.306 e. The highest BCUT2D eigenvalue weighted by Gasteiger charge is 2.19. The van der Waals surface area contributed by atoms with Crippen molar-refractivity contribution in [1.82, 2.24) is 0 Å². The molecule has 0 saturated heterocycles. The fourth-order valence-electron chi connectivity index (χ4n) is 10.1. The number of hydrogen-bond acceptors (Lipinski definition) is 6. The van der Waals surface area contributed by atoms with Gasteiger partial charge in [-0.15, -0.1) is 0 Å². The lowest BCUT2D eigenvalue weighted by Gasteiger charge is -2.18. The molecule has 444 valence electrons. The fraction of sp³-hybridized carbons (Fsp3) is 0.843. The molecular formula is C70H128O6. The molecule has 76 heavy (non-hydrogen) atoms. The van der Waals surface area contributed by atoms with Crippen molar-refractivity contribution in [3.05, 3.63) is 48.6 Å². The van der Waals surface area contributed by atoms with Gasteiger partial charge in [0.2, 0.25) is 0 Å². The molecule has 6 nitrogen and oxygen atoms in total. The molecule has 0 aromatic rings. The molecule has 0 aromatic carbocycles. The highest BCUT2D eigenvalue weighted by molar-refractivity contribution is 5.71. The molecule has 0 N–H and O–H groups in total. The van der Waals surface area contributed by atoms with Crippen LogP contribution in [0.15, 0.2) is 48.6 Å². The number of allylic oxidation sites excluding steroid dienone is 8. The van der Waals surface area contributed by atoms with E-state index in [1.165, 1.54) is 238 Å². The zero-order valence-corrected chi connectivity index (χ0v) is 51.0. The number of carbonyl (C=O) groups excluding carboxylic acids is 3. The van der Waals surface area contributed by atoms with Crippen molar-refractivity contribution in [3.8, 4) is 0 Å². The number of carbonyl (C=O) groups is 3. The average Bonchev–Trinajstić information content (AvgIpc) is 3.42. The summed E-state index contributed by atoms with van der Waals surface area (Å²) < 4.78 is 17.0. The summed E-state index contributed by atoms with van der Waals surface area (Å²) in [6.45, 7) is 6.59. The SMILES string of the molecule is CC/C=C\C/C=C\C/C=C\C/C=C\CCCCCCCCCCCCCCC(=O)OCC(COC(=O)CCCCCCCCCCCCCC)OC(=O)CCCCCCCCCCCCCCCCCCCCCCC. The number of hydrogen-bond donors (Lipinski definition) is 0. The summed E-state index contributed by atoms with van der Waals surface area (Å²) in [6, 6.07) is 0. The van der Waals surface area contributed by atoms with Crippen LogP contribution in [0.2, 0.25) is 0 Å². The van der Waals surface area contributed by atoms with Crippen LogP contribution < -0.4 is 0 Å². The maximum absolute atomic E-state index is 12.9. The minimum absolute atomic E-state index is 0.0674. The first kappa shape index (κ1) is 73.4. The van der Waals surface area contributed by atoms with Crippen LogP contribution in [0.3, 0.4) is 0 Å². The van der Waals surface area contributed by atoms with Crippen LogP contribution in [0.25, 0.3) is 0 Å². The Morgan fingerprint density at radius 1 is 0.276 bits per heavy atom. The Morgan fingerprint density at radius 2 is 0.513 bits per heavy atom. The first-order valence-electron chi connectivity index (χ1n) is 33.6. The molecule has 0 radical (unpaired) electrons. The molecule has 0 aliphatic heterocycles. The summed E-state index contributed by atoms with van der Waals surface area (Å²) in [5, 5.41) is 0. The molecule has 0 spiro atoms. The van der Waals surface area contributed by atoms with Crippen molar-refractivity contribution in [3.63, 3.8) is 0 Å². The zero-order chi connectivity index (χ0) is 55.0. The van der Waals surface area contributed by atoms with Crippen LogP contribution >= 0.6 is 0 Å². The van der Waals surface area contributed by atoms with E-state index in [1.807, 2.05) is 0 Å². The molecule has 0 amide bonds. The van der Waals surface area contributed by atoms with Gasteiger partial charge in [-0.25, -0.2) is 0 Å². The average molecular weight is 1070 g/mol. The predicted molar refractivity (Wildman–Crippen MR) is 330 cm³/mol. The van der Waals surface area contributed by atoms with Crippen LogP contribution in [0.4, 0.5) is 0 Å². The summed E-state index contributed by atoms with van der Waals surface area (Å²) in [7, 11) is 0. The minimum atomic E-state index is -0.770. The molecule has 0 fully saturated rings. The van der Waals surface area contributed by atoms with E-state index in [-0.39, 0.29) is 31.1 Å². The third-order valence-electron chi connectivity index (χ3n) is 15.1. The van der Waals surface area contributed by atoms with Gasteiger partial charge in [0.15, 0.2) is 6.10 Å². The molecule has 6 heteroatoms. The largest absolute Gasteiger partial charge is 0.462 e. The van der Waals surface area contributed by atoms with Gasteiger partial charge in [-0.1, -0.05) is 333 Å². The monoisotopic (exact) mass is 1060 g/mol. The third-order valence-corrected chi connectivity index (χ3v) is 15.1. The van der Waals surface area contributed by atoms with Crippen LogP contribution in [0, 0.1) is 0 Å². The molecule has 0 aliphatic rings. The summed E-state index contributed by atoms with van der Waals surface area (Å²) in [5.41, 5.74) is 0. The molecule has 0 aromatic heterocycles. The second kappa shape index (κ2) is 64.9. The molecular weight excluding hydrogens is 937 g/mol. The first-order chi connectivity index (χ1) is 37.5. The van der Waals surface area contributed by atoms with Crippen molar-refractivity contribution in [2.24, 2.45) is 0 Å². The molecule has 0 bridgehead atoms. The van der Waals surface area contributed by atoms with Gasteiger partial charge in [0, 0.05) is 19.3 Å². The molecule has 0 aliphatic carbocycles. The predicted octanol–water partition coefficient (Wildman–Crippen LogP) is 22.9. The molecule has 0 saturated carbocycles. The highest BCUT2D eigenvalue weighted by atomic mass is 16.6. The Hall–Kier alpha value is -2.63. The Kier molecular flexibility index (Phi) is 62.6. The van der Waals surface area contributed by atoms with E-state index in [4.69, 9.17) is 14.2 Å². The van der Waals surface area contributed by atoms with Crippen molar-refractivity contribution in [2.75, 3.05) is 13.2 Å². The van der Waals surface area contributed by atoms with Crippen LogP contribution in [-0.4, -0.2) is 37.2 Å². The third kappa shape index (κ3) is 62.2. The van der Waals surface area contributed by atoms with Crippen molar-refractivity contribution >= 4 is 17.9 Å². The van der Waals surface area contributed by atoms with Crippen LogP contribution in [-0.2, 0) is 28.6 Å². The van der Waals surface area contributed by atoms with E-state index in [0.717, 1.165) is 83.5 Å². The first-order valence-corrected chi connectivity index (χ1v) is 33.6. The summed E-state index contributed by atoms with van der Waals surface area (Å²) >= 11 is 0. The molecule has 1 unspecified atom stereocenters. The Labute approximate surface area is 473 Å². The van der Waals surface area contributed by atoms with Gasteiger partial charge in [-0.3, -0.25) is 14.4 Å². The Balaban J connectivity index is 4.23. The Bertz CT molecular complexity index is 1310. The standard InChI is InChI=1S/C70H128O6/c1-4-7-10-13-16-19-22-25-27-29-31-33-34-35-36-38-39-41-43-45-48-51-54-57-60-63-69(72)75-66-67(65-74-68(71)62-59-56-53-50-47-24-21-18-15-12-9-6-3)76-70(73)64-61-58-55-52-49-46-44-42-40-37-32-30-28-26-23-20-17-14-11-8-5-2/h7,10,16,19,25,27,31,33,67H,4-6,8-9,11-15,17-18,20-24,26,28-30,32,34-66H2,1-3H3/b10-7-,19-16-,27-25-,33-31-. The molecule has 0 heterocycles. The number of unbranched alkanes of at least 4 members (excludes halogenated alkanes) is 43. The van der Waals surface area contributed by atoms with Crippen LogP contribution in [0.1, 0.15) is 361 Å². The summed E-state index contributed by atoms with van der Waals surface area (Å²) in [5.74, 6) is -0.844. The fourth-order valence-corrected chi connectivity index (χ4v) is 10.1. The lowest BCUT2D eigenvalue weighted by atomic mass is 10.0. The summed E-state index contributed by atoms with van der Waals surface area (Å²) in [4.78, 5) is 38.3. The van der Waals surface area contributed by atoms with Gasteiger partial charge < -0.3 is 14.2 Å². The number of rotatable bonds is 62. The van der Waals surface area contributed by atoms with Crippen LogP contribution in [0.5, 0.6) is 0 Å². The van der Waals surface area contributed by atoms with E-state index in [2.05, 4.69) is 69.4 Å². The van der Waals surface area contributed by atoms with Crippen molar-refractivity contribution in [2.45, 2.75) is 367 Å². The molecule has 1 atom stereocenters. The van der Waals surface area contributed by atoms with Crippen molar-refractivity contribution < 1.29 is 28.6 Å². The van der Waals surface area contributed by atoms with Crippen molar-refractivity contribution in [1.29, 1.82) is 0 Å². The highest BCUT2D eigenvalue weighted by Crippen LogP contribution is 2.18. The second-order valence-corrected chi connectivity index (χ2v) is 22.7. The lowest BCUT2D eigenvalue weighted by Crippen LogP contribution is -2.30. The molecule has 0 rings (SSSR count). The topological polar surface area (TPSA) is 78.9 Å². The zero-order valence-electron chi connectivity index (χ0n) is 51.0. The lowest BCUT2D eigenvalue weighted by molar-refractivity contribution is -0.167. The second-order valence-electron chi connectivity index (χ2n) is 22.7. The maximum atomic E-state index is 12.9. The number of ether oxygens (including phenoxy) is 3. The summed E-state index contributed by atoms with van der Waals surface area (Å²) in [6.07, 6.45) is 81.3. The van der Waals surface area contributed by atoms with E-state index in [1.54, 1.807) is 0 Å². The van der Waals surface area contributed by atoms with Gasteiger partial charge in [0.25, 0.3) is 0 Å². The minimum Gasteiger partial charge on any atom is -0.462 e. The van der Waals surface area contributed by atoms with Gasteiger partial charge in [-0.2, -0.15) is 0 Å². The normalized spacial score (nSPS) is 12.3. The van der Waals surface area contributed by atoms with Gasteiger partial charge in [0.05, 0.1) is 0 Å². The van der Waals surface area contributed by atoms with Gasteiger partial charge in [0.1, 0.15) is 13.2 Å². The number of esters is 3. The van der Waals surface area contributed by atoms with Gasteiger partial charge >= 0.3 is 17.9 Å². The van der Waals surface area contributed by atoms with E-state index in [0.29, 0.717) is 19.3 Å². The maximum Gasteiger partial charge on any atom is 0.306 e. The van der Waals surface area contributed by atoms with E-state index < -0.39 is 6.10 Å². The quantitative estimate of drug-likeness (QED) is 0.0261. The van der Waals surface area contributed by atoms with E-state index in [9.17, 15) is 14.4 Å².